The third kappa shape index (κ3) is 8.82. The molecule has 0 amide bonds. The molecule has 2 aromatic rings. The molecule has 0 spiro atoms. The predicted molar refractivity (Wildman–Crippen MR) is 124 cm³/mol. The van der Waals surface area contributed by atoms with E-state index in [-0.39, 0.29) is 59.5 Å². The number of aliphatic hydroxyl groups is 1. The second-order valence-electron chi connectivity index (χ2n) is 7.53. The van der Waals surface area contributed by atoms with E-state index in [1.54, 1.807) is 17.1 Å². The van der Waals surface area contributed by atoms with E-state index in [0.29, 0.717) is 12.2 Å². The maximum Gasteiger partial charge on any atom is 2.00 e. The van der Waals surface area contributed by atoms with Crippen LogP contribution in [0.1, 0.15) is 57.5 Å². The Morgan fingerprint density at radius 3 is 1.90 bits per heavy atom. The standard InChI is InChI=1S/C8H11BrN2O.C7H7BrN2O.C4H8O.CH3.BrH.Mg/c1-8(12)3-2-7(8)11-5-6(9)4-10-11;8-5-3-9-10(4-5)6-1-2-7(6)11;1-2-4-5-3-1;;;/h4-5,7,12H,2-3H2,1H3;3-4,6H,1-2H2;1-4H2;1H3;1H;/q;;;-1;;+2/p-1. The van der Waals surface area contributed by atoms with Crippen molar-refractivity contribution in [3.8, 4) is 0 Å². The van der Waals surface area contributed by atoms with E-state index < -0.39 is 5.60 Å². The molecule has 2 saturated carbocycles. The van der Waals surface area contributed by atoms with Crippen molar-refractivity contribution < 1.29 is 31.6 Å². The molecule has 0 radical (unpaired) electrons. The summed E-state index contributed by atoms with van der Waals surface area (Å²) in [5.41, 5.74) is -0.564. The topological polar surface area (TPSA) is 82.2 Å². The molecule has 2 aliphatic carbocycles. The number of hydrogen-bond acceptors (Lipinski definition) is 5. The molecular weight excluding hydrogens is 608 g/mol. The summed E-state index contributed by atoms with van der Waals surface area (Å²) in [6.45, 7) is 3.86. The minimum Gasteiger partial charge on any atom is -1.00 e. The Morgan fingerprint density at radius 2 is 1.65 bits per heavy atom. The second kappa shape index (κ2) is 14.5. The summed E-state index contributed by atoms with van der Waals surface area (Å²) in [4.78, 5) is 11.0. The van der Waals surface area contributed by atoms with Gasteiger partial charge < -0.3 is 34.3 Å². The molecule has 7 nitrogen and oxygen atoms in total. The van der Waals surface area contributed by atoms with Gasteiger partial charge >= 0.3 is 23.1 Å². The fourth-order valence-electron chi connectivity index (χ4n) is 3.26. The van der Waals surface area contributed by atoms with Crippen LogP contribution in [0.5, 0.6) is 0 Å². The number of halogens is 3. The molecule has 1 aliphatic heterocycles. The molecule has 3 unspecified atom stereocenters. The van der Waals surface area contributed by atoms with Gasteiger partial charge in [0.1, 0.15) is 6.04 Å². The van der Waals surface area contributed by atoms with Crippen LogP contribution >= 0.6 is 31.9 Å². The Hall–Kier alpha value is 0.216. The van der Waals surface area contributed by atoms with Gasteiger partial charge in [-0.3, -0.25) is 14.2 Å². The van der Waals surface area contributed by atoms with Gasteiger partial charge in [-0.05, 0) is 70.9 Å². The van der Waals surface area contributed by atoms with Crippen molar-refractivity contribution in [3.63, 3.8) is 0 Å². The summed E-state index contributed by atoms with van der Waals surface area (Å²) in [5, 5.41) is 17.9. The fraction of sp³-hybridized carbons (Fsp3) is 0.600. The zero-order chi connectivity index (χ0) is 20.1. The number of rotatable bonds is 2. The Labute approximate surface area is 227 Å². The van der Waals surface area contributed by atoms with Crippen molar-refractivity contribution in [1.29, 1.82) is 0 Å². The van der Waals surface area contributed by atoms with Gasteiger partial charge in [-0.25, -0.2) is 0 Å². The zero-order valence-electron chi connectivity index (χ0n) is 18.0. The first-order chi connectivity index (χ1) is 13.4. The molecule has 1 N–H and O–H groups in total. The Morgan fingerprint density at radius 1 is 1.10 bits per heavy atom. The quantitative estimate of drug-likeness (QED) is 0.395. The first-order valence-corrected chi connectivity index (χ1v) is 11.2. The molecule has 3 fully saturated rings. The minimum absolute atomic E-state index is 0. The van der Waals surface area contributed by atoms with Crippen LogP contribution in [-0.2, 0) is 9.53 Å². The van der Waals surface area contributed by atoms with Crippen molar-refractivity contribution in [2.75, 3.05) is 13.2 Å². The third-order valence-electron chi connectivity index (χ3n) is 5.28. The van der Waals surface area contributed by atoms with Crippen LogP contribution in [0.3, 0.4) is 0 Å². The van der Waals surface area contributed by atoms with Crippen LogP contribution in [-0.4, -0.2) is 72.3 Å². The van der Waals surface area contributed by atoms with Gasteiger partial charge in [0.25, 0.3) is 0 Å². The monoisotopic (exact) mass is 634 g/mol. The summed E-state index contributed by atoms with van der Waals surface area (Å²) < 4.78 is 10.4. The van der Waals surface area contributed by atoms with Crippen molar-refractivity contribution in [3.05, 3.63) is 41.2 Å². The van der Waals surface area contributed by atoms with Crippen LogP contribution in [0.2, 0.25) is 0 Å². The molecule has 2 aromatic heterocycles. The van der Waals surface area contributed by atoms with E-state index in [2.05, 4.69) is 42.1 Å². The molecule has 31 heavy (non-hydrogen) atoms. The number of aromatic nitrogens is 4. The largest absolute Gasteiger partial charge is 2.00 e. The first-order valence-electron chi connectivity index (χ1n) is 9.59. The number of Topliss-reactive ketones (excluding diaryl/α,β-unsaturated/α-hetero) is 1. The maximum absolute atomic E-state index is 11.0. The second-order valence-corrected chi connectivity index (χ2v) is 9.36. The van der Waals surface area contributed by atoms with E-state index in [0.717, 1.165) is 41.4 Å². The maximum atomic E-state index is 11.0. The number of ketones is 1. The smallest absolute Gasteiger partial charge is 1.00 e. The Kier molecular flexibility index (Phi) is 14.6. The molecule has 170 valence electrons. The summed E-state index contributed by atoms with van der Waals surface area (Å²) in [6.07, 6.45) is 13.3. The number of carbonyl (C=O) groups is 1. The molecule has 11 heteroatoms. The van der Waals surface area contributed by atoms with Crippen molar-refractivity contribution in [2.45, 2.75) is 63.1 Å². The SMILES string of the molecule is C1CCOC1.CC1(O)CCC1n1cc(Br)cn1.O=C1CCC1n1cc(Br)cn1.[Br-].[CH3-].[Mg+2]. The molecule has 0 aromatic carbocycles. The van der Waals surface area contributed by atoms with E-state index >= 15 is 0 Å². The Balaban J connectivity index is 0.000000443. The van der Waals surface area contributed by atoms with Gasteiger partial charge in [-0.2, -0.15) is 10.2 Å². The number of hydrogen-bond donors (Lipinski definition) is 1. The molecule has 3 aliphatic rings. The molecule has 0 bridgehead atoms. The number of carbonyl (C=O) groups excluding carboxylic acids is 1. The van der Waals surface area contributed by atoms with Gasteiger partial charge in [0, 0.05) is 32.0 Å². The zero-order valence-corrected chi connectivity index (χ0v) is 24.2. The predicted octanol–water partition coefficient (Wildman–Crippen LogP) is 1.15. The third-order valence-corrected chi connectivity index (χ3v) is 6.10. The van der Waals surface area contributed by atoms with E-state index in [1.165, 1.54) is 12.8 Å². The molecular formula is C20H29Br3MgN4O3. The van der Waals surface area contributed by atoms with Gasteiger partial charge in [0.2, 0.25) is 0 Å². The van der Waals surface area contributed by atoms with Crippen LogP contribution in [0.15, 0.2) is 33.7 Å². The average Bonchev–Trinajstić information content (AvgIpc) is 3.39. The van der Waals surface area contributed by atoms with Gasteiger partial charge in [0.05, 0.1) is 33.0 Å². The summed E-state index contributed by atoms with van der Waals surface area (Å²) in [5.74, 6) is 0.292. The van der Waals surface area contributed by atoms with Crippen molar-refractivity contribution in [1.82, 2.24) is 19.6 Å². The summed E-state index contributed by atoms with van der Waals surface area (Å²) >= 11 is 6.61. The van der Waals surface area contributed by atoms with Crippen molar-refractivity contribution in [2.24, 2.45) is 0 Å². The summed E-state index contributed by atoms with van der Waals surface area (Å²) in [6, 6.07) is 0.171. The molecule has 1 saturated heterocycles. The van der Waals surface area contributed by atoms with Crippen LogP contribution < -0.4 is 17.0 Å². The van der Waals surface area contributed by atoms with Gasteiger partial charge in [-0.15, -0.1) is 0 Å². The van der Waals surface area contributed by atoms with E-state index in [9.17, 15) is 9.90 Å². The van der Waals surface area contributed by atoms with E-state index in [4.69, 9.17) is 4.74 Å². The first kappa shape index (κ1) is 31.2. The summed E-state index contributed by atoms with van der Waals surface area (Å²) in [7, 11) is 0. The van der Waals surface area contributed by atoms with Crippen LogP contribution in [0, 0.1) is 7.43 Å². The molecule has 3 atom stereocenters. The number of ether oxygens (including phenoxy) is 1. The fourth-order valence-corrected chi connectivity index (χ4v) is 3.86. The van der Waals surface area contributed by atoms with Crippen molar-refractivity contribution >= 4 is 60.7 Å². The Bertz CT molecular complexity index is 789. The average molecular weight is 637 g/mol. The molecule has 3 heterocycles. The normalized spacial score (nSPS) is 25.6. The molecule has 5 rings (SSSR count). The van der Waals surface area contributed by atoms with Crippen LogP contribution in [0.25, 0.3) is 0 Å². The van der Waals surface area contributed by atoms with Gasteiger partial charge in [0.15, 0.2) is 5.78 Å². The van der Waals surface area contributed by atoms with Gasteiger partial charge in [-0.1, -0.05) is 0 Å². The number of nitrogens with zero attached hydrogens (tertiary/aromatic N) is 4. The van der Waals surface area contributed by atoms with Crippen LogP contribution in [0.4, 0.5) is 0 Å². The minimum atomic E-state index is -0.564. The van der Waals surface area contributed by atoms with E-state index in [1.807, 2.05) is 24.0 Å².